The first-order chi connectivity index (χ1) is 6.70. The van der Waals surface area contributed by atoms with E-state index in [1.165, 1.54) is 0 Å². The summed E-state index contributed by atoms with van der Waals surface area (Å²) >= 11 is 0. The molecular formula is C10H16N4. The van der Waals surface area contributed by atoms with Gasteiger partial charge in [0, 0.05) is 6.04 Å². The van der Waals surface area contributed by atoms with Crippen molar-refractivity contribution in [1.82, 2.24) is 15.0 Å². The van der Waals surface area contributed by atoms with Gasteiger partial charge in [-0.1, -0.05) is 18.6 Å². The van der Waals surface area contributed by atoms with Gasteiger partial charge in [0.2, 0.25) is 0 Å². The second kappa shape index (κ2) is 4.75. The van der Waals surface area contributed by atoms with Gasteiger partial charge in [0.05, 0.1) is 23.9 Å². The Bertz CT molecular complexity index is 332. The minimum atomic E-state index is 0.316. The van der Waals surface area contributed by atoms with Gasteiger partial charge in [-0.3, -0.25) is 0 Å². The normalized spacial score (nSPS) is 10.5. The third kappa shape index (κ3) is 2.11. The van der Waals surface area contributed by atoms with E-state index in [4.69, 9.17) is 5.26 Å². The lowest BCUT2D eigenvalue weighted by Crippen LogP contribution is -2.08. The molecule has 0 radical (unpaired) electrons. The van der Waals surface area contributed by atoms with Crippen LogP contribution in [0.3, 0.4) is 0 Å². The molecular weight excluding hydrogens is 176 g/mol. The van der Waals surface area contributed by atoms with Crippen molar-refractivity contribution in [1.29, 1.82) is 5.26 Å². The largest absolute Gasteiger partial charge is 0.247 e. The van der Waals surface area contributed by atoms with E-state index in [0.29, 0.717) is 12.5 Å². The average Bonchev–Trinajstić information content (AvgIpc) is 2.50. The Morgan fingerprint density at radius 1 is 1.50 bits per heavy atom. The van der Waals surface area contributed by atoms with Crippen molar-refractivity contribution in [2.75, 3.05) is 0 Å². The molecule has 0 N–H and O–H groups in total. The molecule has 1 aromatic rings. The van der Waals surface area contributed by atoms with Crippen molar-refractivity contribution in [3.05, 3.63) is 11.4 Å². The second-order valence-corrected chi connectivity index (χ2v) is 3.61. The van der Waals surface area contributed by atoms with E-state index in [1.807, 2.05) is 4.68 Å². The molecule has 1 rings (SSSR count). The first-order valence-electron chi connectivity index (χ1n) is 5.00. The standard InChI is InChI=1S/C10H16N4/c1-4-5-10-9(6-7-11)12-13-14(10)8(2)3/h8H,4-6H2,1-3H3. The molecule has 4 heteroatoms. The number of rotatable bonds is 4. The Hall–Kier alpha value is -1.37. The van der Waals surface area contributed by atoms with Crippen LogP contribution in [0.25, 0.3) is 0 Å². The van der Waals surface area contributed by atoms with Crippen LogP contribution in [-0.2, 0) is 12.8 Å². The molecule has 1 heterocycles. The fourth-order valence-electron chi connectivity index (χ4n) is 1.47. The SMILES string of the molecule is CCCc1c(CC#N)nnn1C(C)C. The lowest BCUT2D eigenvalue weighted by atomic mass is 10.1. The number of nitriles is 1. The number of aromatic nitrogens is 3. The lowest BCUT2D eigenvalue weighted by Gasteiger charge is -2.09. The highest BCUT2D eigenvalue weighted by molar-refractivity contribution is 5.14. The van der Waals surface area contributed by atoms with Crippen molar-refractivity contribution in [2.24, 2.45) is 0 Å². The van der Waals surface area contributed by atoms with Gasteiger partial charge >= 0.3 is 0 Å². The number of nitrogens with zero attached hydrogens (tertiary/aromatic N) is 4. The maximum atomic E-state index is 8.63. The van der Waals surface area contributed by atoms with Gasteiger partial charge in [-0.2, -0.15) is 5.26 Å². The van der Waals surface area contributed by atoms with Crippen molar-refractivity contribution in [2.45, 2.75) is 46.1 Å². The lowest BCUT2D eigenvalue weighted by molar-refractivity contribution is 0.492. The van der Waals surface area contributed by atoms with Crippen LogP contribution in [0.4, 0.5) is 0 Å². The summed E-state index contributed by atoms with van der Waals surface area (Å²) in [6, 6.07) is 2.44. The van der Waals surface area contributed by atoms with E-state index in [9.17, 15) is 0 Å². The van der Waals surface area contributed by atoms with Crippen molar-refractivity contribution in [3.8, 4) is 6.07 Å². The van der Waals surface area contributed by atoms with E-state index in [-0.39, 0.29) is 0 Å². The molecule has 1 aromatic heterocycles. The average molecular weight is 192 g/mol. The zero-order valence-corrected chi connectivity index (χ0v) is 8.99. The molecule has 0 fully saturated rings. The first-order valence-corrected chi connectivity index (χ1v) is 5.00. The fourth-order valence-corrected chi connectivity index (χ4v) is 1.47. The molecule has 0 aliphatic heterocycles. The van der Waals surface area contributed by atoms with Crippen LogP contribution in [0, 0.1) is 11.3 Å². The first kappa shape index (κ1) is 10.7. The van der Waals surface area contributed by atoms with Gasteiger partial charge in [0.25, 0.3) is 0 Å². The monoisotopic (exact) mass is 192 g/mol. The summed E-state index contributed by atoms with van der Waals surface area (Å²) in [5.41, 5.74) is 1.95. The molecule has 0 saturated carbocycles. The van der Waals surface area contributed by atoms with Crippen molar-refractivity contribution < 1.29 is 0 Å². The number of hydrogen-bond donors (Lipinski definition) is 0. The van der Waals surface area contributed by atoms with Gasteiger partial charge in [-0.25, -0.2) is 4.68 Å². The summed E-state index contributed by atoms with van der Waals surface area (Å²) in [5, 5.41) is 16.7. The highest BCUT2D eigenvalue weighted by Crippen LogP contribution is 2.13. The van der Waals surface area contributed by atoms with E-state index >= 15 is 0 Å². The zero-order chi connectivity index (χ0) is 10.6. The van der Waals surface area contributed by atoms with Crippen LogP contribution < -0.4 is 0 Å². The Kier molecular flexibility index (Phi) is 3.63. The fraction of sp³-hybridized carbons (Fsp3) is 0.700. The van der Waals surface area contributed by atoms with E-state index < -0.39 is 0 Å². The predicted molar refractivity (Wildman–Crippen MR) is 53.7 cm³/mol. The minimum Gasteiger partial charge on any atom is -0.247 e. The summed E-state index contributed by atoms with van der Waals surface area (Å²) in [6.07, 6.45) is 2.36. The highest BCUT2D eigenvalue weighted by atomic mass is 15.4. The molecule has 0 atom stereocenters. The Labute approximate surface area is 84.5 Å². The van der Waals surface area contributed by atoms with E-state index in [2.05, 4.69) is 37.2 Å². The molecule has 0 aliphatic carbocycles. The molecule has 0 amide bonds. The molecule has 14 heavy (non-hydrogen) atoms. The summed E-state index contributed by atoms with van der Waals surface area (Å²) in [6.45, 7) is 6.27. The smallest absolute Gasteiger partial charge is 0.0999 e. The molecule has 4 nitrogen and oxygen atoms in total. The molecule has 76 valence electrons. The third-order valence-electron chi connectivity index (χ3n) is 2.09. The van der Waals surface area contributed by atoms with Crippen LogP contribution in [0.1, 0.15) is 44.6 Å². The van der Waals surface area contributed by atoms with E-state index in [1.54, 1.807) is 0 Å². The molecule has 0 unspecified atom stereocenters. The van der Waals surface area contributed by atoms with Gasteiger partial charge < -0.3 is 0 Å². The van der Waals surface area contributed by atoms with Gasteiger partial charge in [0.1, 0.15) is 0 Å². The Morgan fingerprint density at radius 2 is 2.21 bits per heavy atom. The van der Waals surface area contributed by atoms with Crippen LogP contribution in [0.5, 0.6) is 0 Å². The third-order valence-corrected chi connectivity index (χ3v) is 2.09. The van der Waals surface area contributed by atoms with Crippen LogP contribution in [0.2, 0.25) is 0 Å². The molecule has 0 saturated heterocycles. The topological polar surface area (TPSA) is 54.5 Å². The Morgan fingerprint density at radius 3 is 2.71 bits per heavy atom. The summed E-state index contributed by atoms with van der Waals surface area (Å²) in [7, 11) is 0. The molecule has 0 aromatic carbocycles. The number of hydrogen-bond acceptors (Lipinski definition) is 3. The summed E-state index contributed by atoms with van der Waals surface area (Å²) < 4.78 is 1.91. The quantitative estimate of drug-likeness (QED) is 0.731. The zero-order valence-electron chi connectivity index (χ0n) is 8.99. The van der Waals surface area contributed by atoms with Crippen LogP contribution in [-0.4, -0.2) is 15.0 Å². The maximum absolute atomic E-state index is 8.63. The minimum absolute atomic E-state index is 0.316. The second-order valence-electron chi connectivity index (χ2n) is 3.61. The van der Waals surface area contributed by atoms with Crippen molar-refractivity contribution >= 4 is 0 Å². The maximum Gasteiger partial charge on any atom is 0.0999 e. The highest BCUT2D eigenvalue weighted by Gasteiger charge is 2.13. The molecule has 0 aliphatic rings. The van der Waals surface area contributed by atoms with Crippen molar-refractivity contribution in [3.63, 3.8) is 0 Å². The summed E-state index contributed by atoms with van der Waals surface area (Å²) in [4.78, 5) is 0. The van der Waals surface area contributed by atoms with Crippen LogP contribution >= 0.6 is 0 Å². The Balaban J connectivity index is 3.01. The molecule has 0 bridgehead atoms. The van der Waals surface area contributed by atoms with Gasteiger partial charge in [-0.05, 0) is 20.3 Å². The predicted octanol–water partition coefficient (Wildman–Crippen LogP) is 1.88. The molecule has 0 spiro atoms. The summed E-state index contributed by atoms with van der Waals surface area (Å²) in [5.74, 6) is 0. The van der Waals surface area contributed by atoms with Gasteiger partial charge in [0.15, 0.2) is 0 Å². The van der Waals surface area contributed by atoms with Crippen LogP contribution in [0.15, 0.2) is 0 Å². The van der Waals surface area contributed by atoms with Gasteiger partial charge in [-0.15, -0.1) is 5.10 Å². The van der Waals surface area contributed by atoms with E-state index in [0.717, 1.165) is 24.2 Å².